The lowest BCUT2D eigenvalue weighted by molar-refractivity contribution is 0.208. The highest BCUT2D eigenvalue weighted by Crippen LogP contribution is 2.23. The van der Waals surface area contributed by atoms with Crippen molar-refractivity contribution in [1.82, 2.24) is 4.90 Å². The molecule has 2 aromatic rings. The number of piperazine rings is 1. The molecule has 0 unspecified atom stereocenters. The summed E-state index contributed by atoms with van der Waals surface area (Å²) >= 11 is 6.10. The van der Waals surface area contributed by atoms with Crippen molar-refractivity contribution in [2.75, 3.05) is 36.4 Å². The monoisotopic (exact) mass is 329 g/mol. The first kappa shape index (κ1) is 15.7. The Bertz CT molecular complexity index is 682. The van der Waals surface area contributed by atoms with Crippen molar-refractivity contribution in [3.8, 4) is 0 Å². The highest BCUT2D eigenvalue weighted by Gasteiger charge is 2.21. The van der Waals surface area contributed by atoms with E-state index in [9.17, 15) is 4.79 Å². The summed E-state index contributed by atoms with van der Waals surface area (Å²) in [7, 11) is 0. The summed E-state index contributed by atoms with van der Waals surface area (Å²) in [6, 6.07) is 15.8. The lowest BCUT2D eigenvalue weighted by Crippen LogP contribution is -2.50. The number of nitrogens with one attached hydrogen (secondary N) is 1. The minimum absolute atomic E-state index is 0.0666. The normalized spacial score (nSPS) is 14.7. The Balaban J connectivity index is 1.59. The fourth-order valence-corrected chi connectivity index (χ4v) is 2.92. The van der Waals surface area contributed by atoms with E-state index in [1.807, 2.05) is 48.2 Å². The number of hydrogen-bond acceptors (Lipinski definition) is 2. The van der Waals surface area contributed by atoms with E-state index in [1.165, 1.54) is 5.69 Å². The zero-order chi connectivity index (χ0) is 16.2. The number of halogens is 1. The minimum atomic E-state index is -0.0666. The molecule has 23 heavy (non-hydrogen) atoms. The molecule has 0 radical (unpaired) electrons. The Labute approximate surface area is 141 Å². The van der Waals surface area contributed by atoms with Gasteiger partial charge < -0.3 is 15.1 Å². The quantitative estimate of drug-likeness (QED) is 0.903. The number of nitrogens with zero attached hydrogens (tertiary/aromatic N) is 2. The van der Waals surface area contributed by atoms with Gasteiger partial charge >= 0.3 is 6.03 Å². The van der Waals surface area contributed by atoms with Crippen molar-refractivity contribution >= 4 is 29.0 Å². The summed E-state index contributed by atoms with van der Waals surface area (Å²) < 4.78 is 0. The maximum atomic E-state index is 12.4. The predicted octanol–water partition coefficient (Wildman–Crippen LogP) is 4.00. The molecule has 1 aliphatic heterocycles. The van der Waals surface area contributed by atoms with Gasteiger partial charge in [-0.15, -0.1) is 0 Å². The van der Waals surface area contributed by atoms with Gasteiger partial charge in [-0.3, -0.25) is 0 Å². The van der Waals surface area contributed by atoms with E-state index >= 15 is 0 Å². The third kappa shape index (κ3) is 3.59. The van der Waals surface area contributed by atoms with E-state index < -0.39 is 0 Å². The lowest BCUT2D eigenvalue weighted by Gasteiger charge is -2.36. The van der Waals surface area contributed by atoms with E-state index in [1.54, 1.807) is 0 Å². The first-order chi connectivity index (χ1) is 11.1. The molecule has 2 amide bonds. The molecule has 4 nitrogen and oxygen atoms in total. The Kier molecular flexibility index (Phi) is 4.72. The molecule has 0 atom stereocenters. The second kappa shape index (κ2) is 6.92. The molecular formula is C18H20ClN3O. The van der Waals surface area contributed by atoms with Gasteiger partial charge in [-0.1, -0.05) is 35.9 Å². The average molecular weight is 330 g/mol. The lowest BCUT2D eigenvalue weighted by atomic mass is 10.2. The number of benzene rings is 2. The van der Waals surface area contributed by atoms with Crippen LogP contribution in [0.5, 0.6) is 0 Å². The molecule has 1 aliphatic rings. The second-order valence-electron chi connectivity index (χ2n) is 5.65. The van der Waals surface area contributed by atoms with Crippen LogP contribution in [0.1, 0.15) is 5.56 Å². The van der Waals surface area contributed by atoms with Crippen LogP contribution in [0.15, 0.2) is 48.5 Å². The van der Waals surface area contributed by atoms with Gasteiger partial charge in [0, 0.05) is 42.6 Å². The summed E-state index contributed by atoms with van der Waals surface area (Å²) in [4.78, 5) is 16.6. The molecule has 5 heteroatoms. The van der Waals surface area contributed by atoms with Crippen LogP contribution in [0, 0.1) is 6.92 Å². The van der Waals surface area contributed by atoms with Gasteiger partial charge in [-0.05, 0) is 36.8 Å². The number of urea groups is 1. The van der Waals surface area contributed by atoms with Gasteiger partial charge in [0.25, 0.3) is 0 Å². The van der Waals surface area contributed by atoms with E-state index in [-0.39, 0.29) is 6.03 Å². The molecule has 120 valence electrons. The molecule has 2 aromatic carbocycles. The van der Waals surface area contributed by atoms with Gasteiger partial charge in [0.1, 0.15) is 0 Å². The molecule has 0 bridgehead atoms. The van der Waals surface area contributed by atoms with Crippen molar-refractivity contribution in [3.05, 3.63) is 59.1 Å². The van der Waals surface area contributed by atoms with Gasteiger partial charge in [0.2, 0.25) is 0 Å². The van der Waals surface area contributed by atoms with Gasteiger partial charge in [-0.25, -0.2) is 4.79 Å². The van der Waals surface area contributed by atoms with Crippen LogP contribution >= 0.6 is 11.6 Å². The van der Waals surface area contributed by atoms with Crippen molar-refractivity contribution < 1.29 is 4.79 Å². The average Bonchev–Trinajstić information content (AvgIpc) is 2.60. The topological polar surface area (TPSA) is 35.6 Å². The van der Waals surface area contributed by atoms with E-state index in [4.69, 9.17) is 11.6 Å². The summed E-state index contributed by atoms with van der Waals surface area (Å²) in [6.07, 6.45) is 0. The van der Waals surface area contributed by atoms with Gasteiger partial charge in [0.15, 0.2) is 0 Å². The zero-order valence-electron chi connectivity index (χ0n) is 13.1. The fourth-order valence-electron chi connectivity index (χ4n) is 2.74. The molecule has 1 heterocycles. The maximum Gasteiger partial charge on any atom is 0.321 e. The third-order valence-corrected chi connectivity index (χ3v) is 4.61. The van der Waals surface area contributed by atoms with Crippen molar-refractivity contribution in [2.24, 2.45) is 0 Å². The van der Waals surface area contributed by atoms with Crippen LogP contribution in [0.25, 0.3) is 0 Å². The Morgan fingerprint density at radius 2 is 1.70 bits per heavy atom. The molecule has 1 fully saturated rings. The number of amides is 2. The standard InChI is InChI=1S/C18H20ClN3O/c1-14-16(19)8-5-9-17(14)20-18(23)22-12-10-21(11-13-22)15-6-3-2-4-7-15/h2-9H,10-13H2,1H3,(H,20,23). The highest BCUT2D eigenvalue weighted by molar-refractivity contribution is 6.31. The highest BCUT2D eigenvalue weighted by atomic mass is 35.5. The minimum Gasteiger partial charge on any atom is -0.368 e. The van der Waals surface area contributed by atoms with Crippen LogP contribution in [-0.4, -0.2) is 37.1 Å². The molecular weight excluding hydrogens is 310 g/mol. The number of carbonyl (C=O) groups is 1. The fraction of sp³-hybridized carbons (Fsp3) is 0.278. The molecule has 0 saturated carbocycles. The summed E-state index contributed by atoms with van der Waals surface area (Å²) in [5.41, 5.74) is 2.87. The largest absolute Gasteiger partial charge is 0.368 e. The SMILES string of the molecule is Cc1c(Cl)cccc1NC(=O)N1CCN(c2ccccc2)CC1. The summed E-state index contributed by atoms with van der Waals surface area (Å²) in [5.74, 6) is 0. The van der Waals surface area contributed by atoms with Crippen LogP contribution < -0.4 is 10.2 Å². The molecule has 0 spiro atoms. The zero-order valence-corrected chi connectivity index (χ0v) is 13.9. The van der Waals surface area contributed by atoms with Crippen molar-refractivity contribution in [1.29, 1.82) is 0 Å². The summed E-state index contributed by atoms with van der Waals surface area (Å²) in [6.45, 7) is 5.00. The molecule has 1 saturated heterocycles. The Morgan fingerprint density at radius 3 is 2.39 bits per heavy atom. The van der Waals surface area contributed by atoms with E-state index in [0.717, 1.165) is 24.3 Å². The number of hydrogen-bond donors (Lipinski definition) is 1. The Hall–Kier alpha value is -2.20. The molecule has 0 aromatic heterocycles. The number of para-hydroxylation sites is 1. The van der Waals surface area contributed by atoms with Crippen molar-refractivity contribution in [3.63, 3.8) is 0 Å². The van der Waals surface area contributed by atoms with Crippen molar-refractivity contribution in [2.45, 2.75) is 6.92 Å². The van der Waals surface area contributed by atoms with Gasteiger partial charge in [0.05, 0.1) is 0 Å². The number of anilines is 2. The number of carbonyl (C=O) groups excluding carboxylic acids is 1. The van der Waals surface area contributed by atoms with Crippen LogP contribution in [0.2, 0.25) is 5.02 Å². The van der Waals surface area contributed by atoms with Crippen LogP contribution in [-0.2, 0) is 0 Å². The molecule has 3 rings (SSSR count). The second-order valence-corrected chi connectivity index (χ2v) is 6.06. The molecule has 0 aliphatic carbocycles. The van der Waals surface area contributed by atoms with E-state index in [0.29, 0.717) is 18.1 Å². The van der Waals surface area contributed by atoms with Crippen LogP contribution in [0.4, 0.5) is 16.2 Å². The first-order valence-corrected chi connectivity index (χ1v) is 8.14. The molecule has 1 N–H and O–H groups in total. The van der Waals surface area contributed by atoms with Gasteiger partial charge in [-0.2, -0.15) is 0 Å². The maximum absolute atomic E-state index is 12.4. The third-order valence-electron chi connectivity index (χ3n) is 4.20. The summed E-state index contributed by atoms with van der Waals surface area (Å²) in [5, 5.41) is 3.62. The Morgan fingerprint density at radius 1 is 1.00 bits per heavy atom. The number of rotatable bonds is 2. The van der Waals surface area contributed by atoms with Crippen LogP contribution in [0.3, 0.4) is 0 Å². The smallest absolute Gasteiger partial charge is 0.321 e. The first-order valence-electron chi connectivity index (χ1n) is 7.76. The van der Waals surface area contributed by atoms with E-state index in [2.05, 4.69) is 22.3 Å². The predicted molar refractivity (Wildman–Crippen MR) is 95.4 cm³/mol.